The number of carboxylic acids is 1. The smallest absolute Gasteiger partial charge is 0.335 e. The highest BCUT2D eigenvalue weighted by Crippen LogP contribution is 2.11. The highest BCUT2D eigenvalue weighted by atomic mass is 79.9. The van der Waals surface area contributed by atoms with Crippen molar-refractivity contribution >= 4 is 33.5 Å². The molecule has 0 saturated carbocycles. The number of anilines is 1. The van der Waals surface area contributed by atoms with E-state index in [2.05, 4.69) is 21.2 Å². The molecule has 2 aromatic rings. The van der Waals surface area contributed by atoms with Gasteiger partial charge in [0, 0.05) is 21.9 Å². The van der Waals surface area contributed by atoms with E-state index in [-0.39, 0.29) is 23.6 Å². The maximum atomic E-state index is 12.0. The number of aromatic carboxylic acids is 1. The number of rotatable bonds is 4. The summed E-state index contributed by atoms with van der Waals surface area (Å²) in [5.74, 6) is -1.41. The highest BCUT2D eigenvalue weighted by molar-refractivity contribution is 9.10. The first-order valence-corrected chi connectivity index (χ1v) is 7.16. The molecule has 0 radical (unpaired) electrons. The largest absolute Gasteiger partial charge is 0.478 e. The van der Waals surface area contributed by atoms with Crippen LogP contribution < -0.4 is 10.9 Å². The molecule has 0 fully saturated rings. The molecule has 0 spiro atoms. The van der Waals surface area contributed by atoms with E-state index in [1.54, 1.807) is 19.2 Å². The monoisotopic (exact) mass is 364 g/mol. The van der Waals surface area contributed by atoms with Gasteiger partial charge in [-0.3, -0.25) is 9.59 Å². The molecule has 0 aliphatic heterocycles. The van der Waals surface area contributed by atoms with Crippen molar-refractivity contribution in [2.75, 3.05) is 5.32 Å². The maximum Gasteiger partial charge on any atom is 0.335 e. The topological polar surface area (TPSA) is 88.4 Å². The number of nitrogens with one attached hydrogen (secondary N) is 1. The summed E-state index contributed by atoms with van der Waals surface area (Å²) in [6.07, 6.45) is 1.54. The normalized spacial score (nSPS) is 10.3. The van der Waals surface area contributed by atoms with Gasteiger partial charge in [-0.2, -0.15) is 0 Å². The summed E-state index contributed by atoms with van der Waals surface area (Å²) >= 11 is 3.28. The number of hydrogen-bond donors (Lipinski definition) is 2. The van der Waals surface area contributed by atoms with Crippen molar-refractivity contribution in [2.24, 2.45) is 0 Å². The molecule has 2 rings (SSSR count). The van der Waals surface area contributed by atoms with Crippen molar-refractivity contribution in [1.29, 1.82) is 0 Å². The van der Waals surface area contributed by atoms with Crippen LogP contribution in [0.1, 0.15) is 15.9 Å². The lowest BCUT2D eigenvalue weighted by atomic mass is 10.2. The molecule has 1 amide bonds. The predicted molar refractivity (Wildman–Crippen MR) is 85.2 cm³/mol. The molecule has 0 unspecified atom stereocenters. The van der Waals surface area contributed by atoms with Gasteiger partial charge in [0.05, 0.1) is 5.56 Å². The number of amides is 1. The summed E-state index contributed by atoms with van der Waals surface area (Å²) in [5.41, 5.74) is 0.902. The fraction of sp³-hybridized carbons (Fsp3) is 0.133. The van der Waals surface area contributed by atoms with Gasteiger partial charge in [0.2, 0.25) is 5.91 Å². The van der Waals surface area contributed by atoms with Gasteiger partial charge in [-0.15, -0.1) is 0 Å². The molecule has 7 heteroatoms. The standard InChI is InChI=1S/C15H13BrN2O4/c1-9-6-11(16)7-18(14(9)20)8-13(19)17-12-4-2-10(3-5-12)15(21)22/h2-7H,8H2,1H3,(H,17,19)(H,21,22). The predicted octanol–water partition coefficient (Wildman–Crippen LogP) is 2.26. The third kappa shape index (κ3) is 3.82. The van der Waals surface area contributed by atoms with E-state index in [1.165, 1.54) is 28.8 Å². The summed E-state index contributed by atoms with van der Waals surface area (Å²) in [5, 5.41) is 11.4. The Morgan fingerprint density at radius 1 is 1.27 bits per heavy atom. The number of hydrogen-bond acceptors (Lipinski definition) is 3. The van der Waals surface area contributed by atoms with Gasteiger partial charge in [-0.05, 0) is 53.2 Å². The van der Waals surface area contributed by atoms with Crippen LogP contribution in [-0.2, 0) is 11.3 Å². The summed E-state index contributed by atoms with van der Waals surface area (Å²) in [6.45, 7) is 1.55. The molecule has 1 aromatic carbocycles. The minimum Gasteiger partial charge on any atom is -0.478 e. The molecule has 0 atom stereocenters. The number of carbonyl (C=O) groups excluding carboxylic acids is 1. The lowest BCUT2D eigenvalue weighted by Crippen LogP contribution is -2.28. The molecule has 6 nitrogen and oxygen atoms in total. The molecule has 0 saturated heterocycles. The van der Waals surface area contributed by atoms with E-state index in [1.807, 2.05) is 0 Å². The van der Waals surface area contributed by atoms with Gasteiger partial charge in [0.1, 0.15) is 6.54 Å². The Morgan fingerprint density at radius 2 is 1.91 bits per heavy atom. The summed E-state index contributed by atoms with van der Waals surface area (Å²) in [4.78, 5) is 34.6. The Labute approximate surface area is 134 Å². The zero-order chi connectivity index (χ0) is 16.3. The molecule has 22 heavy (non-hydrogen) atoms. The van der Waals surface area contributed by atoms with Crippen LogP contribution in [0.5, 0.6) is 0 Å². The van der Waals surface area contributed by atoms with E-state index in [4.69, 9.17) is 5.11 Å². The second-order valence-electron chi connectivity index (χ2n) is 4.71. The minimum atomic E-state index is -1.03. The molecular weight excluding hydrogens is 352 g/mol. The van der Waals surface area contributed by atoms with Crippen molar-refractivity contribution in [1.82, 2.24) is 4.57 Å². The third-order valence-electron chi connectivity index (χ3n) is 2.96. The number of aromatic nitrogens is 1. The average molecular weight is 365 g/mol. The number of nitrogens with zero attached hydrogens (tertiary/aromatic N) is 1. The molecule has 1 aromatic heterocycles. The fourth-order valence-electron chi connectivity index (χ4n) is 1.91. The zero-order valence-corrected chi connectivity index (χ0v) is 13.3. The number of benzene rings is 1. The van der Waals surface area contributed by atoms with Crippen molar-refractivity contribution in [3.8, 4) is 0 Å². The average Bonchev–Trinajstić information content (AvgIpc) is 2.44. The van der Waals surface area contributed by atoms with Gasteiger partial charge in [-0.1, -0.05) is 0 Å². The Morgan fingerprint density at radius 3 is 2.50 bits per heavy atom. The van der Waals surface area contributed by atoms with Gasteiger partial charge in [0.25, 0.3) is 5.56 Å². The van der Waals surface area contributed by atoms with Gasteiger partial charge >= 0.3 is 5.97 Å². The molecule has 1 heterocycles. The molecular formula is C15H13BrN2O4. The SMILES string of the molecule is Cc1cc(Br)cn(CC(=O)Nc2ccc(C(=O)O)cc2)c1=O. The minimum absolute atomic E-state index is 0.125. The van der Waals surface area contributed by atoms with Crippen LogP contribution >= 0.6 is 15.9 Å². The number of halogens is 1. The van der Waals surface area contributed by atoms with Crippen molar-refractivity contribution in [2.45, 2.75) is 13.5 Å². The van der Waals surface area contributed by atoms with E-state index >= 15 is 0 Å². The van der Waals surface area contributed by atoms with Gasteiger partial charge in [-0.25, -0.2) is 4.79 Å². The van der Waals surface area contributed by atoms with Crippen LogP contribution in [0, 0.1) is 6.92 Å². The van der Waals surface area contributed by atoms with Crippen molar-refractivity contribution < 1.29 is 14.7 Å². The number of carboxylic acid groups (broad SMARTS) is 1. The Kier molecular flexibility index (Phi) is 4.77. The van der Waals surface area contributed by atoms with Crippen LogP contribution in [0.4, 0.5) is 5.69 Å². The summed E-state index contributed by atoms with van der Waals surface area (Å²) < 4.78 is 2.02. The first-order valence-electron chi connectivity index (χ1n) is 6.36. The third-order valence-corrected chi connectivity index (χ3v) is 3.39. The number of pyridine rings is 1. The second kappa shape index (κ2) is 6.57. The first kappa shape index (κ1) is 16.0. The first-order chi connectivity index (χ1) is 10.4. The highest BCUT2D eigenvalue weighted by Gasteiger charge is 2.08. The van der Waals surface area contributed by atoms with Crippen LogP contribution in [-0.4, -0.2) is 21.6 Å². The van der Waals surface area contributed by atoms with E-state index in [0.29, 0.717) is 15.7 Å². The van der Waals surface area contributed by atoms with Gasteiger partial charge in [0.15, 0.2) is 0 Å². The molecule has 0 aliphatic rings. The molecule has 0 bridgehead atoms. The zero-order valence-electron chi connectivity index (χ0n) is 11.7. The van der Waals surface area contributed by atoms with Crippen LogP contribution in [0.3, 0.4) is 0 Å². The number of aryl methyl sites for hydroxylation is 1. The fourth-order valence-corrected chi connectivity index (χ4v) is 2.50. The van der Waals surface area contributed by atoms with Crippen LogP contribution in [0.25, 0.3) is 0 Å². The van der Waals surface area contributed by atoms with Crippen molar-refractivity contribution in [3.05, 3.63) is 62.5 Å². The lowest BCUT2D eigenvalue weighted by Gasteiger charge is -2.09. The van der Waals surface area contributed by atoms with Crippen LogP contribution in [0.2, 0.25) is 0 Å². The Balaban J connectivity index is 2.10. The van der Waals surface area contributed by atoms with Crippen LogP contribution in [0.15, 0.2) is 45.8 Å². The van der Waals surface area contributed by atoms with E-state index in [0.717, 1.165) is 0 Å². The summed E-state index contributed by atoms with van der Waals surface area (Å²) in [6, 6.07) is 7.47. The molecule has 114 valence electrons. The quantitative estimate of drug-likeness (QED) is 0.870. The van der Waals surface area contributed by atoms with Crippen molar-refractivity contribution in [3.63, 3.8) is 0 Å². The van der Waals surface area contributed by atoms with E-state index in [9.17, 15) is 14.4 Å². The summed E-state index contributed by atoms with van der Waals surface area (Å²) in [7, 11) is 0. The number of carbonyl (C=O) groups is 2. The molecule has 0 aliphatic carbocycles. The van der Waals surface area contributed by atoms with Gasteiger partial charge < -0.3 is 15.0 Å². The Bertz CT molecular complexity index is 781. The lowest BCUT2D eigenvalue weighted by molar-refractivity contribution is -0.116. The molecule has 2 N–H and O–H groups in total. The maximum absolute atomic E-state index is 12.0. The van der Waals surface area contributed by atoms with E-state index < -0.39 is 5.97 Å². The Hall–Kier alpha value is -2.41. The second-order valence-corrected chi connectivity index (χ2v) is 5.62.